The van der Waals surface area contributed by atoms with Gasteiger partial charge in [-0.2, -0.15) is 22.0 Å². The summed E-state index contributed by atoms with van der Waals surface area (Å²) >= 11 is 1.44. The number of hydroxylamine groups is 3. The largest absolute Gasteiger partial charge is 0.748 e. The van der Waals surface area contributed by atoms with Crippen LogP contribution in [0.1, 0.15) is 19.3 Å². The van der Waals surface area contributed by atoms with Gasteiger partial charge in [0.25, 0.3) is 5.91 Å². The monoisotopic (exact) mass is 393 g/mol. The van der Waals surface area contributed by atoms with Crippen LogP contribution in [0.25, 0.3) is 0 Å². The van der Waals surface area contributed by atoms with Crippen LogP contribution >= 0.6 is 12.6 Å². The van der Waals surface area contributed by atoms with Crippen molar-refractivity contribution in [1.82, 2.24) is 20.8 Å². The molecule has 3 aliphatic heterocycles. The van der Waals surface area contributed by atoms with Gasteiger partial charge in [0, 0.05) is 12.6 Å². The summed E-state index contributed by atoms with van der Waals surface area (Å²) in [5.74, 6) is 0.895. The summed E-state index contributed by atoms with van der Waals surface area (Å²) in [5, 5.41) is 4.11. The van der Waals surface area contributed by atoms with Crippen molar-refractivity contribution in [2.75, 3.05) is 25.4 Å². The van der Waals surface area contributed by atoms with Crippen molar-refractivity contribution in [3.63, 3.8) is 0 Å². The van der Waals surface area contributed by atoms with Crippen LogP contribution < -0.4 is 10.8 Å². The Balaban J connectivity index is 1.47. The Morgan fingerprint density at radius 2 is 2.28 bits per heavy atom. The lowest BCUT2D eigenvalue weighted by Gasteiger charge is -2.29. The van der Waals surface area contributed by atoms with Gasteiger partial charge in [-0.1, -0.05) is 0 Å². The van der Waals surface area contributed by atoms with Gasteiger partial charge in [0.2, 0.25) is 0 Å². The van der Waals surface area contributed by atoms with Crippen molar-refractivity contribution in [1.29, 1.82) is 0 Å². The summed E-state index contributed by atoms with van der Waals surface area (Å²) in [5.41, 5.74) is 2.40. The molecular formula is C13H21N4O6S2-. The summed E-state index contributed by atoms with van der Waals surface area (Å²) in [6.07, 6.45) is 1.83. The predicted molar refractivity (Wildman–Crippen MR) is 88.6 cm³/mol. The van der Waals surface area contributed by atoms with Crippen molar-refractivity contribution in [3.8, 4) is 0 Å². The molecule has 3 amide bonds. The number of rotatable bonds is 7. The van der Waals surface area contributed by atoms with Crippen LogP contribution in [0.15, 0.2) is 0 Å². The molecule has 0 aromatic rings. The van der Waals surface area contributed by atoms with E-state index in [0.29, 0.717) is 25.4 Å². The third-order valence-electron chi connectivity index (χ3n) is 4.80. The fraction of sp³-hybridized carbons (Fsp3) is 0.846. The lowest BCUT2D eigenvalue weighted by atomic mass is 10.0. The summed E-state index contributed by atoms with van der Waals surface area (Å²) in [6, 6.07) is -1.52. The van der Waals surface area contributed by atoms with Gasteiger partial charge in [0.05, 0.1) is 12.6 Å². The quantitative estimate of drug-likeness (QED) is 0.286. The Kier molecular flexibility index (Phi) is 6.17. The van der Waals surface area contributed by atoms with E-state index >= 15 is 0 Å². The summed E-state index contributed by atoms with van der Waals surface area (Å²) in [4.78, 5) is 31.1. The normalized spacial score (nSPS) is 33.0. The van der Waals surface area contributed by atoms with Gasteiger partial charge in [0.15, 0.2) is 0 Å². The van der Waals surface area contributed by atoms with E-state index < -0.39 is 29.3 Å². The van der Waals surface area contributed by atoms with Crippen molar-refractivity contribution < 1.29 is 27.5 Å². The number of thiol groups is 1. The molecule has 3 saturated heterocycles. The Labute approximate surface area is 153 Å². The molecule has 0 spiro atoms. The highest BCUT2D eigenvalue weighted by Crippen LogP contribution is 2.30. The van der Waals surface area contributed by atoms with Crippen LogP contribution in [0, 0.1) is 5.92 Å². The Hall–Kier alpha value is -0.920. The molecule has 2 bridgehead atoms. The first kappa shape index (κ1) is 18.9. The molecule has 0 aliphatic carbocycles. The molecule has 142 valence electrons. The SMILES string of the molecule is O=C(NOC[C@H]1C[C@@H](CS)CN1)C1CCC2CN1C(=O)N2OS(=O)[O-]. The summed E-state index contributed by atoms with van der Waals surface area (Å²) in [6.45, 7) is 1.47. The molecule has 3 rings (SSSR count). The topological polar surface area (TPSA) is 123 Å². The minimum absolute atomic E-state index is 0.164. The lowest BCUT2D eigenvalue weighted by molar-refractivity contribution is -0.139. The van der Waals surface area contributed by atoms with Crippen LogP contribution in [-0.4, -0.2) is 74.2 Å². The molecule has 5 atom stereocenters. The van der Waals surface area contributed by atoms with Crippen molar-refractivity contribution in [2.45, 2.75) is 37.4 Å². The van der Waals surface area contributed by atoms with E-state index in [1.165, 1.54) is 4.90 Å². The number of fused-ring (bicyclic) bond motifs is 2. The van der Waals surface area contributed by atoms with Gasteiger partial charge in [-0.05, 0) is 37.5 Å². The number of hydrogen-bond acceptors (Lipinski definition) is 8. The second-order valence-electron chi connectivity index (χ2n) is 6.45. The van der Waals surface area contributed by atoms with Crippen LogP contribution in [0.5, 0.6) is 0 Å². The Morgan fingerprint density at radius 3 is 2.96 bits per heavy atom. The van der Waals surface area contributed by atoms with Gasteiger partial charge < -0.3 is 14.8 Å². The molecule has 3 fully saturated rings. The minimum atomic E-state index is -2.83. The molecule has 3 aliphatic rings. The number of piperidine rings is 1. The van der Waals surface area contributed by atoms with E-state index in [0.717, 1.165) is 23.8 Å². The summed E-state index contributed by atoms with van der Waals surface area (Å²) in [7, 11) is 0. The maximum absolute atomic E-state index is 12.3. The van der Waals surface area contributed by atoms with E-state index in [2.05, 4.69) is 27.7 Å². The van der Waals surface area contributed by atoms with E-state index in [1.54, 1.807) is 0 Å². The summed E-state index contributed by atoms with van der Waals surface area (Å²) < 4.78 is 25.9. The molecule has 0 saturated carbocycles. The second kappa shape index (κ2) is 8.18. The molecular weight excluding hydrogens is 372 g/mol. The zero-order valence-electron chi connectivity index (χ0n) is 13.5. The van der Waals surface area contributed by atoms with Crippen LogP contribution in [0.3, 0.4) is 0 Å². The number of carbonyl (C=O) groups is 2. The number of urea groups is 1. The van der Waals surface area contributed by atoms with Crippen LogP contribution in [0.2, 0.25) is 0 Å². The zero-order valence-corrected chi connectivity index (χ0v) is 15.2. The van der Waals surface area contributed by atoms with Crippen molar-refractivity contribution in [2.24, 2.45) is 5.92 Å². The standard InChI is InChI=1S/C13H22N4O6S2/c18-12(15-22-6-9-3-8(7-24)4-14-9)11-2-1-10-5-16(11)13(19)17(10)23-25(20)21/h8-11,14,24H,1-7H2,(H,15,18)(H,20,21)/p-1/t8-,9-,10?,11?/m1/s1. The van der Waals surface area contributed by atoms with Gasteiger partial charge in [-0.25, -0.2) is 14.5 Å². The molecule has 2 N–H and O–H groups in total. The smallest absolute Gasteiger partial charge is 0.346 e. The number of hydrogen-bond donors (Lipinski definition) is 3. The molecule has 3 unspecified atom stereocenters. The number of carbonyl (C=O) groups excluding carboxylic acids is 2. The number of nitrogens with zero attached hydrogens (tertiary/aromatic N) is 2. The third kappa shape index (κ3) is 4.26. The lowest BCUT2D eigenvalue weighted by Crippen LogP contribution is -2.50. The second-order valence-corrected chi connectivity index (χ2v) is 7.38. The van der Waals surface area contributed by atoms with Crippen molar-refractivity contribution in [3.05, 3.63) is 0 Å². The fourth-order valence-electron chi connectivity index (χ4n) is 3.52. The zero-order chi connectivity index (χ0) is 18.0. The van der Waals surface area contributed by atoms with Crippen LogP contribution in [0.4, 0.5) is 4.79 Å². The Bertz CT molecular complexity index is 553. The first-order valence-electron chi connectivity index (χ1n) is 8.13. The van der Waals surface area contributed by atoms with E-state index in [4.69, 9.17) is 4.84 Å². The maximum atomic E-state index is 12.3. The molecule has 10 nitrogen and oxygen atoms in total. The highest BCUT2D eigenvalue weighted by atomic mass is 32.2. The predicted octanol–water partition coefficient (Wildman–Crippen LogP) is -1.06. The van der Waals surface area contributed by atoms with Crippen molar-refractivity contribution >= 4 is 35.9 Å². The highest BCUT2D eigenvalue weighted by Gasteiger charge is 2.48. The average molecular weight is 393 g/mol. The molecule has 25 heavy (non-hydrogen) atoms. The molecule has 0 aromatic heterocycles. The highest BCUT2D eigenvalue weighted by molar-refractivity contribution is 7.80. The molecule has 0 aromatic carbocycles. The number of amides is 3. The van der Waals surface area contributed by atoms with Gasteiger partial charge in [-0.15, -0.1) is 0 Å². The maximum Gasteiger partial charge on any atom is 0.346 e. The van der Waals surface area contributed by atoms with Gasteiger partial charge in [-0.3, -0.25) is 9.63 Å². The average Bonchev–Trinajstić information content (AvgIpc) is 3.14. The third-order valence-corrected chi connectivity index (χ3v) is 5.59. The van der Waals surface area contributed by atoms with E-state index in [-0.39, 0.29) is 18.6 Å². The number of nitrogens with one attached hydrogen (secondary N) is 2. The van der Waals surface area contributed by atoms with Gasteiger partial charge in [0.1, 0.15) is 17.4 Å². The van der Waals surface area contributed by atoms with Crippen LogP contribution in [-0.2, 0) is 25.3 Å². The minimum Gasteiger partial charge on any atom is -0.748 e. The van der Waals surface area contributed by atoms with E-state index in [1.807, 2.05) is 0 Å². The van der Waals surface area contributed by atoms with Gasteiger partial charge >= 0.3 is 6.03 Å². The Morgan fingerprint density at radius 1 is 1.48 bits per heavy atom. The van der Waals surface area contributed by atoms with E-state index in [9.17, 15) is 18.4 Å². The molecule has 0 radical (unpaired) electrons. The first-order valence-corrected chi connectivity index (χ1v) is 9.76. The first-order chi connectivity index (χ1) is 12.0. The molecule has 12 heteroatoms. The fourth-order valence-corrected chi connectivity index (χ4v) is 4.11. The molecule has 3 heterocycles.